The van der Waals surface area contributed by atoms with Gasteiger partial charge in [0, 0.05) is 45.3 Å². The van der Waals surface area contributed by atoms with Crippen LogP contribution in [0.5, 0.6) is 11.5 Å². The molecule has 1 atom stereocenters. The zero-order valence-electron chi connectivity index (χ0n) is 20.6. The Kier molecular flexibility index (Phi) is 10.1. The number of β-amino-alcohol motifs (C(OH)–C–C–N with tert-alkyl or cyclic N) is 1. The summed E-state index contributed by atoms with van der Waals surface area (Å²) in [6.45, 7) is 13.9. The lowest BCUT2D eigenvalue weighted by Gasteiger charge is -2.34. The molecule has 2 aliphatic rings. The summed E-state index contributed by atoms with van der Waals surface area (Å²) >= 11 is 0. The van der Waals surface area contributed by atoms with E-state index in [0.717, 1.165) is 45.2 Å². The molecule has 0 radical (unpaired) electrons. The number of rotatable bonds is 11. The molecule has 2 N–H and O–H groups in total. The Morgan fingerprint density at radius 1 is 1.06 bits per heavy atom. The van der Waals surface area contributed by atoms with Crippen molar-refractivity contribution in [3.63, 3.8) is 0 Å². The average molecular weight is 449 g/mol. The molecule has 0 amide bonds. The SMILES string of the molecule is COc1ccc(CNCC2CCN(C(C)C)CC2)cc1OCC(O)CN1CCN(C)CC1. The van der Waals surface area contributed by atoms with E-state index in [1.54, 1.807) is 7.11 Å². The number of aliphatic hydroxyl groups excluding tert-OH is 1. The quantitative estimate of drug-likeness (QED) is 0.536. The Morgan fingerprint density at radius 2 is 1.78 bits per heavy atom. The summed E-state index contributed by atoms with van der Waals surface area (Å²) in [7, 11) is 3.80. The Hall–Kier alpha value is -1.38. The van der Waals surface area contributed by atoms with Crippen molar-refractivity contribution in [1.29, 1.82) is 0 Å². The maximum Gasteiger partial charge on any atom is 0.161 e. The summed E-state index contributed by atoms with van der Waals surface area (Å²) in [6.07, 6.45) is 2.03. The number of nitrogens with zero attached hydrogens (tertiary/aromatic N) is 3. The predicted octanol–water partition coefficient (Wildman–Crippen LogP) is 1.89. The number of ether oxygens (including phenoxy) is 2. The lowest BCUT2D eigenvalue weighted by molar-refractivity contribution is 0.0497. The third-order valence-corrected chi connectivity index (χ3v) is 6.87. The number of likely N-dealkylation sites (N-methyl/N-ethyl adjacent to an activating group) is 1. The van der Waals surface area contributed by atoms with Crippen LogP contribution in [0.3, 0.4) is 0 Å². The van der Waals surface area contributed by atoms with Gasteiger partial charge < -0.3 is 29.7 Å². The average Bonchev–Trinajstić information content (AvgIpc) is 2.79. The highest BCUT2D eigenvalue weighted by Crippen LogP contribution is 2.28. The normalized spacial score (nSPS) is 20.6. The zero-order valence-corrected chi connectivity index (χ0v) is 20.6. The van der Waals surface area contributed by atoms with Crippen molar-refractivity contribution in [1.82, 2.24) is 20.0 Å². The van der Waals surface area contributed by atoms with Crippen LogP contribution in [0.2, 0.25) is 0 Å². The van der Waals surface area contributed by atoms with Crippen LogP contribution in [0.25, 0.3) is 0 Å². The highest BCUT2D eigenvalue weighted by molar-refractivity contribution is 5.43. The number of piperazine rings is 1. The van der Waals surface area contributed by atoms with Crippen molar-refractivity contribution in [2.45, 2.75) is 45.4 Å². The number of aliphatic hydroxyl groups is 1. The molecule has 0 bridgehead atoms. The largest absolute Gasteiger partial charge is 0.493 e. The Labute approximate surface area is 194 Å². The van der Waals surface area contributed by atoms with Gasteiger partial charge in [0.2, 0.25) is 0 Å². The smallest absolute Gasteiger partial charge is 0.161 e. The molecule has 0 aromatic heterocycles. The highest BCUT2D eigenvalue weighted by atomic mass is 16.5. The van der Waals surface area contributed by atoms with Gasteiger partial charge in [-0.05, 0) is 77.0 Å². The Morgan fingerprint density at radius 3 is 2.44 bits per heavy atom. The van der Waals surface area contributed by atoms with Crippen LogP contribution in [0.4, 0.5) is 0 Å². The first-order valence-corrected chi connectivity index (χ1v) is 12.3. The lowest BCUT2D eigenvalue weighted by Crippen LogP contribution is -2.47. The van der Waals surface area contributed by atoms with E-state index in [-0.39, 0.29) is 6.61 Å². The molecule has 7 heteroatoms. The molecule has 2 fully saturated rings. The molecule has 0 aliphatic carbocycles. The van der Waals surface area contributed by atoms with Gasteiger partial charge in [-0.25, -0.2) is 0 Å². The second kappa shape index (κ2) is 12.8. The summed E-state index contributed by atoms with van der Waals surface area (Å²) in [4.78, 5) is 7.19. The van der Waals surface area contributed by atoms with Crippen molar-refractivity contribution in [3.8, 4) is 11.5 Å². The van der Waals surface area contributed by atoms with Crippen molar-refractivity contribution in [3.05, 3.63) is 23.8 Å². The number of benzene rings is 1. The van der Waals surface area contributed by atoms with Crippen molar-refractivity contribution >= 4 is 0 Å². The molecule has 0 saturated carbocycles. The van der Waals surface area contributed by atoms with Crippen LogP contribution >= 0.6 is 0 Å². The summed E-state index contributed by atoms with van der Waals surface area (Å²) in [6, 6.07) is 6.73. The first-order chi connectivity index (χ1) is 15.4. The van der Waals surface area contributed by atoms with E-state index in [2.05, 4.69) is 47.0 Å². The number of likely N-dealkylation sites (tertiary alicyclic amines) is 1. The zero-order chi connectivity index (χ0) is 22.9. The first-order valence-electron chi connectivity index (χ1n) is 12.3. The van der Waals surface area contributed by atoms with Crippen LogP contribution in [0.1, 0.15) is 32.3 Å². The van der Waals surface area contributed by atoms with Crippen LogP contribution in [0.15, 0.2) is 18.2 Å². The Bertz CT molecular complexity index is 671. The lowest BCUT2D eigenvalue weighted by atomic mass is 9.96. The van der Waals surface area contributed by atoms with E-state index in [1.807, 2.05) is 12.1 Å². The summed E-state index contributed by atoms with van der Waals surface area (Å²) in [5.41, 5.74) is 1.17. The molecule has 1 unspecified atom stereocenters. The molecule has 3 rings (SSSR count). The van der Waals surface area contributed by atoms with Crippen molar-refractivity contribution in [2.24, 2.45) is 5.92 Å². The maximum atomic E-state index is 10.5. The molecule has 2 aliphatic heterocycles. The Balaban J connectivity index is 1.42. The van der Waals surface area contributed by atoms with Gasteiger partial charge in [-0.3, -0.25) is 4.90 Å². The topological polar surface area (TPSA) is 60.4 Å². The van der Waals surface area contributed by atoms with E-state index >= 15 is 0 Å². The minimum atomic E-state index is -0.512. The maximum absolute atomic E-state index is 10.5. The van der Waals surface area contributed by atoms with Gasteiger partial charge in [-0.1, -0.05) is 6.07 Å². The van der Waals surface area contributed by atoms with Crippen molar-refractivity contribution in [2.75, 3.05) is 73.1 Å². The van der Waals surface area contributed by atoms with Crippen LogP contribution < -0.4 is 14.8 Å². The van der Waals surface area contributed by atoms with Crippen molar-refractivity contribution < 1.29 is 14.6 Å². The van der Waals surface area contributed by atoms with Gasteiger partial charge in [0.1, 0.15) is 12.7 Å². The molecule has 182 valence electrons. The highest BCUT2D eigenvalue weighted by Gasteiger charge is 2.21. The molecule has 7 nitrogen and oxygen atoms in total. The number of hydrogen-bond acceptors (Lipinski definition) is 7. The fourth-order valence-electron chi connectivity index (χ4n) is 4.61. The van der Waals surface area contributed by atoms with Gasteiger partial charge in [0.05, 0.1) is 7.11 Å². The number of nitrogens with one attached hydrogen (secondary N) is 1. The van der Waals surface area contributed by atoms with Crippen LogP contribution in [0, 0.1) is 5.92 Å². The fourth-order valence-corrected chi connectivity index (χ4v) is 4.61. The van der Waals surface area contributed by atoms with E-state index in [4.69, 9.17) is 9.47 Å². The molecule has 0 spiro atoms. The van der Waals surface area contributed by atoms with Gasteiger partial charge in [-0.15, -0.1) is 0 Å². The standard InChI is InChI=1S/C25H44N4O3/c1-20(2)29-9-7-21(8-10-29)16-26-17-22-5-6-24(31-4)25(15-22)32-19-23(30)18-28-13-11-27(3)12-14-28/h5-6,15,20-21,23,26,30H,7-14,16-19H2,1-4H3. The van der Waals surface area contributed by atoms with E-state index < -0.39 is 6.10 Å². The predicted molar refractivity (Wildman–Crippen MR) is 130 cm³/mol. The number of piperidine rings is 1. The minimum absolute atomic E-state index is 0.272. The minimum Gasteiger partial charge on any atom is -0.493 e. The van der Waals surface area contributed by atoms with Crippen LogP contribution in [-0.2, 0) is 6.54 Å². The molecule has 1 aromatic carbocycles. The van der Waals surface area contributed by atoms with Gasteiger partial charge >= 0.3 is 0 Å². The van der Waals surface area contributed by atoms with Crippen LogP contribution in [-0.4, -0.2) is 105 Å². The number of methoxy groups -OCH3 is 1. The van der Waals surface area contributed by atoms with E-state index in [0.29, 0.717) is 24.1 Å². The molecule has 2 heterocycles. The van der Waals surface area contributed by atoms with Gasteiger partial charge in [0.25, 0.3) is 0 Å². The van der Waals surface area contributed by atoms with E-state index in [1.165, 1.54) is 31.5 Å². The summed E-state index contributed by atoms with van der Waals surface area (Å²) in [5.74, 6) is 2.17. The summed E-state index contributed by atoms with van der Waals surface area (Å²) < 4.78 is 11.5. The van der Waals surface area contributed by atoms with Gasteiger partial charge in [-0.2, -0.15) is 0 Å². The summed E-state index contributed by atoms with van der Waals surface area (Å²) in [5, 5.41) is 14.1. The fraction of sp³-hybridized carbons (Fsp3) is 0.760. The number of hydrogen-bond donors (Lipinski definition) is 2. The monoisotopic (exact) mass is 448 g/mol. The molecule has 32 heavy (non-hydrogen) atoms. The molecule has 2 saturated heterocycles. The molecular formula is C25H44N4O3. The van der Waals surface area contributed by atoms with Gasteiger partial charge in [0.15, 0.2) is 11.5 Å². The van der Waals surface area contributed by atoms with E-state index in [9.17, 15) is 5.11 Å². The third kappa shape index (κ3) is 7.89. The molecule has 1 aromatic rings. The second-order valence-electron chi connectivity index (χ2n) is 9.76. The molecular weight excluding hydrogens is 404 g/mol. The third-order valence-electron chi connectivity index (χ3n) is 6.87. The second-order valence-corrected chi connectivity index (χ2v) is 9.76. The first kappa shape index (κ1) is 25.2.